The molecule has 0 bridgehead atoms. The molecule has 0 radical (unpaired) electrons. The Balaban J connectivity index is 1.83. The molecule has 4 rings (SSSR count). The Morgan fingerprint density at radius 3 is 2.55 bits per heavy atom. The average Bonchev–Trinajstić information content (AvgIpc) is 2.74. The molecule has 0 aliphatic heterocycles. The molecule has 0 unspecified atom stereocenters. The predicted molar refractivity (Wildman–Crippen MR) is 134 cm³/mol. The number of nitrogens with zero attached hydrogens (tertiary/aromatic N) is 3. The first-order valence-corrected chi connectivity index (χ1v) is 12.0. The van der Waals surface area contributed by atoms with Crippen molar-refractivity contribution >= 4 is 11.5 Å². The van der Waals surface area contributed by atoms with Gasteiger partial charge in [-0.2, -0.15) is 0 Å². The molecular weight excluding hydrogens is 414 g/mol. The number of aromatic nitrogens is 2. The summed E-state index contributed by atoms with van der Waals surface area (Å²) >= 11 is 0. The third-order valence-corrected chi connectivity index (χ3v) is 7.16. The van der Waals surface area contributed by atoms with Crippen molar-refractivity contribution in [3.8, 4) is 17.0 Å². The van der Waals surface area contributed by atoms with Gasteiger partial charge in [-0.25, -0.2) is 9.97 Å². The largest absolute Gasteiger partial charge is 0.488 e. The van der Waals surface area contributed by atoms with Crippen LogP contribution in [-0.4, -0.2) is 47.4 Å². The van der Waals surface area contributed by atoms with E-state index in [9.17, 15) is 5.11 Å². The topological polar surface area (TPSA) is 111 Å². The normalized spacial score (nSPS) is 21.8. The van der Waals surface area contributed by atoms with E-state index in [1.165, 1.54) is 5.56 Å². The molecule has 1 aromatic carbocycles. The van der Waals surface area contributed by atoms with Crippen molar-refractivity contribution in [3.63, 3.8) is 0 Å². The molecule has 1 fully saturated rings. The second-order valence-corrected chi connectivity index (χ2v) is 11.3. The minimum atomic E-state index is -0.249. The monoisotopic (exact) mass is 453 g/mol. The Kier molecular flexibility index (Phi) is 6.31. The third kappa shape index (κ3) is 4.66. The van der Waals surface area contributed by atoms with E-state index in [2.05, 4.69) is 61.7 Å². The summed E-state index contributed by atoms with van der Waals surface area (Å²) in [5, 5.41) is 9.93. The summed E-state index contributed by atoms with van der Waals surface area (Å²) in [4.78, 5) is 11.2. The lowest BCUT2D eigenvalue weighted by Crippen LogP contribution is -2.37. The van der Waals surface area contributed by atoms with Gasteiger partial charge in [0.05, 0.1) is 17.5 Å². The summed E-state index contributed by atoms with van der Waals surface area (Å²) in [6, 6.07) is 4.48. The predicted octanol–water partition coefficient (Wildman–Crippen LogP) is 3.66. The lowest BCUT2D eigenvalue weighted by atomic mass is 9.71. The van der Waals surface area contributed by atoms with Crippen LogP contribution >= 0.6 is 0 Å². The zero-order chi connectivity index (χ0) is 24.0. The number of hydrogen-bond donors (Lipinski definition) is 3. The summed E-state index contributed by atoms with van der Waals surface area (Å²) in [5.41, 5.74) is 17.3. The van der Waals surface area contributed by atoms with Crippen molar-refractivity contribution in [2.75, 3.05) is 30.8 Å². The van der Waals surface area contributed by atoms with Gasteiger partial charge >= 0.3 is 0 Å². The number of ether oxygens (including phenoxy) is 1. The second-order valence-electron chi connectivity index (χ2n) is 11.3. The summed E-state index contributed by atoms with van der Waals surface area (Å²) in [7, 11) is 2.09. The maximum absolute atomic E-state index is 9.93. The van der Waals surface area contributed by atoms with Crippen molar-refractivity contribution in [3.05, 3.63) is 29.6 Å². The number of rotatable bonds is 6. The smallest absolute Gasteiger partial charge is 0.143 e. The molecule has 5 N–H and O–H groups in total. The molecule has 1 saturated carbocycles. The Bertz CT molecular complexity index is 1010. The van der Waals surface area contributed by atoms with E-state index in [-0.39, 0.29) is 29.6 Å². The highest BCUT2D eigenvalue weighted by molar-refractivity contribution is 5.83. The van der Waals surface area contributed by atoms with Crippen LogP contribution in [0.25, 0.3) is 11.3 Å². The van der Waals surface area contributed by atoms with Crippen LogP contribution in [0.5, 0.6) is 5.75 Å². The first kappa shape index (κ1) is 23.8. The zero-order valence-electron chi connectivity index (χ0n) is 20.7. The number of hydrogen-bond acceptors (Lipinski definition) is 7. The van der Waals surface area contributed by atoms with Crippen LogP contribution in [0.15, 0.2) is 18.5 Å². The van der Waals surface area contributed by atoms with Crippen molar-refractivity contribution in [1.82, 2.24) is 9.97 Å². The molecule has 180 valence electrons. The maximum Gasteiger partial charge on any atom is 0.143 e. The standard InChI is InChI=1S/C26H39N5O2/c1-25(2,14-32)13-31(5)23-19-12-26(3,4)21-22(29-15-30-24(21)28)18(19)10-11-20(23)33-17-8-6-16(27)7-9-17/h10-11,15-17,32H,6-9,12-14,27H2,1-5H3,(H2,28,29,30). The van der Waals surface area contributed by atoms with Crippen LogP contribution in [0.2, 0.25) is 0 Å². The van der Waals surface area contributed by atoms with E-state index < -0.39 is 0 Å². The average molecular weight is 454 g/mol. The number of benzene rings is 1. The number of fused-ring (bicyclic) bond motifs is 3. The molecule has 7 heteroatoms. The second kappa shape index (κ2) is 8.76. The van der Waals surface area contributed by atoms with Crippen LogP contribution in [-0.2, 0) is 11.8 Å². The highest BCUT2D eigenvalue weighted by atomic mass is 16.5. The Morgan fingerprint density at radius 1 is 1.18 bits per heavy atom. The highest BCUT2D eigenvalue weighted by Crippen LogP contribution is 2.49. The van der Waals surface area contributed by atoms with E-state index in [0.717, 1.165) is 60.4 Å². The number of aliphatic hydroxyl groups excluding tert-OH is 1. The Hall–Kier alpha value is -2.38. The molecule has 1 heterocycles. The van der Waals surface area contributed by atoms with Gasteiger partial charge in [-0.15, -0.1) is 0 Å². The fourth-order valence-electron chi connectivity index (χ4n) is 5.49. The van der Waals surface area contributed by atoms with Gasteiger partial charge < -0.3 is 26.2 Å². The van der Waals surface area contributed by atoms with Gasteiger partial charge in [0.2, 0.25) is 0 Å². The maximum atomic E-state index is 9.93. The van der Waals surface area contributed by atoms with Crippen molar-refractivity contribution in [2.45, 2.75) is 77.4 Å². The van der Waals surface area contributed by atoms with E-state index in [1.54, 1.807) is 6.33 Å². The molecule has 0 amide bonds. The van der Waals surface area contributed by atoms with Crippen LogP contribution < -0.4 is 21.1 Å². The SMILES string of the molecule is CN(CC(C)(C)CO)c1c(OC2CCC(N)CC2)ccc2c1CC(C)(C)c1c(N)ncnc1-2. The van der Waals surface area contributed by atoms with E-state index in [4.69, 9.17) is 16.2 Å². The first-order chi connectivity index (χ1) is 15.5. The molecule has 2 aliphatic carbocycles. The quantitative estimate of drug-likeness (QED) is 0.612. The first-order valence-electron chi connectivity index (χ1n) is 12.0. The van der Waals surface area contributed by atoms with Crippen molar-refractivity contribution < 1.29 is 9.84 Å². The van der Waals surface area contributed by atoms with Gasteiger partial charge in [0, 0.05) is 42.8 Å². The lowest BCUT2D eigenvalue weighted by Gasteiger charge is -2.39. The van der Waals surface area contributed by atoms with Gasteiger partial charge in [-0.05, 0) is 55.2 Å². The molecule has 7 nitrogen and oxygen atoms in total. The Morgan fingerprint density at radius 2 is 1.88 bits per heavy atom. The minimum Gasteiger partial charge on any atom is -0.488 e. The summed E-state index contributed by atoms with van der Waals surface area (Å²) in [5.74, 6) is 1.44. The van der Waals surface area contributed by atoms with Crippen molar-refractivity contribution in [1.29, 1.82) is 0 Å². The molecule has 2 aromatic rings. The molecule has 33 heavy (non-hydrogen) atoms. The minimum absolute atomic E-state index is 0.112. The number of nitrogens with two attached hydrogens (primary N) is 2. The lowest BCUT2D eigenvalue weighted by molar-refractivity contribution is 0.146. The molecule has 0 spiro atoms. The zero-order valence-corrected chi connectivity index (χ0v) is 20.7. The van der Waals surface area contributed by atoms with Gasteiger partial charge in [0.1, 0.15) is 17.9 Å². The van der Waals surface area contributed by atoms with Crippen LogP contribution in [0.1, 0.15) is 64.5 Å². The van der Waals surface area contributed by atoms with Crippen molar-refractivity contribution in [2.24, 2.45) is 11.1 Å². The summed E-state index contributed by atoms with van der Waals surface area (Å²) in [6.45, 7) is 9.37. The fraction of sp³-hybridized carbons (Fsp3) is 0.615. The summed E-state index contributed by atoms with van der Waals surface area (Å²) < 4.78 is 6.63. The van der Waals surface area contributed by atoms with Gasteiger partial charge in [-0.1, -0.05) is 27.7 Å². The van der Waals surface area contributed by atoms with Crippen LogP contribution in [0.3, 0.4) is 0 Å². The fourth-order valence-corrected chi connectivity index (χ4v) is 5.49. The molecular formula is C26H39N5O2. The van der Waals surface area contributed by atoms with E-state index in [0.29, 0.717) is 12.4 Å². The molecule has 1 aromatic heterocycles. The van der Waals surface area contributed by atoms with Crippen LogP contribution in [0, 0.1) is 5.41 Å². The Labute approximate surface area is 197 Å². The third-order valence-electron chi connectivity index (χ3n) is 7.16. The number of nitrogen functional groups attached to an aromatic ring is 1. The van der Waals surface area contributed by atoms with Gasteiger partial charge in [0.15, 0.2) is 0 Å². The van der Waals surface area contributed by atoms with Gasteiger partial charge in [-0.3, -0.25) is 0 Å². The number of anilines is 2. The molecule has 0 saturated heterocycles. The highest BCUT2D eigenvalue weighted by Gasteiger charge is 2.38. The summed E-state index contributed by atoms with van der Waals surface area (Å²) in [6.07, 6.45) is 6.46. The van der Waals surface area contributed by atoms with Crippen LogP contribution in [0.4, 0.5) is 11.5 Å². The van der Waals surface area contributed by atoms with E-state index in [1.807, 2.05) is 0 Å². The molecule has 0 atom stereocenters. The van der Waals surface area contributed by atoms with Gasteiger partial charge in [0.25, 0.3) is 0 Å². The number of aliphatic hydroxyl groups is 1. The molecule has 2 aliphatic rings. The van der Waals surface area contributed by atoms with E-state index >= 15 is 0 Å².